The van der Waals surface area contributed by atoms with Crippen LogP contribution in [0.25, 0.3) is 0 Å². The average Bonchev–Trinajstić information content (AvgIpc) is 3.06. The highest BCUT2D eigenvalue weighted by molar-refractivity contribution is 7.89. The molecular weight excluding hydrogens is 292 g/mol. The highest BCUT2D eigenvalue weighted by atomic mass is 32.2. The smallest absolute Gasteiger partial charge is 0.211 e. The van der Waals surface area contributed by atoms with Gasteiger partial charge in [-0.2, -0.15) is 0 Å². The first-order valence-electron chi connectivity index (χ1n) is 7.71. The molecule has 0 aliphatic carbocycles. The fourth-order valence-corrected chi connectivity index (χ4v) is 3.36. The van der Waals surface area contributed by atoms with Crippen LogP contribution in [0.1, 0.15) is 33.1 Å². The number of rotatable bonds is 7. The van der Waals surface area contributed by atoms with Crippen LogP contribution >= 0.6 is 0 Å². The van der Waals surface area contributed by atoms with Crippen LogP contribution in [0.5, 0.6) is 0 Å². The van der Waals surface area contributed by atoms with Crippen molar-refractivity contribution in [3.63, 3.8) is 0 Å². The van der Waals surface area contributed by atoms with Gasteiger partial charge in [0.05, 0.1) is 30.5 Å². The monoisotopic (exact) mass is 318 g/mol. The first kappa shape index (κ1) is 16.5. The van der Waals surface area contributed by atoms with Crippen molar-refractivity contribution in [2.45, 2.75) is 51.4 Å². The summed E-state index contributed by atoms with van der Waals surface area (Å²) in [7, 11) is -3.14. The van der Waals surface area contributed by atoms with Crippen LogP contribution in [0, 0.1) is 0 Å². The maximum Gasteiger partial charge on any atom is 0.211 e. The number of sulfonamides is 1. The molecule has 0 aromatic carbocycles. The zero-order chi connectivity index (χ0) is 15.3. The van der Waals surface area contributed by atoms with Gasteiger partial charge in [0.25, 0.3) is 0 Å². The number of ether oxygens (including phenoxy) is 1. The Labute approximate surface area is 127 Å². The maximum atomic E-state index is 11.3. The highest BCUT2D eigenvalue weighted by Crippen LogP contribution is 2.34. The molecule has 2 fully saturated rings. The third-order valence-corrected chi connectivity index (χ3v) is 5.26. The lowest BCUT2D eigenvalue weighted by atomic mass is 9.96. The van der Waals surface area contributed by atoms with Gasteiger partial charge in [-0.15, -0.1) is 0 Å². The molecule has 2 bridgehead atoms. The van der Waals surface area contributed by atoms with Crippen LogP contribution in [0.4, 0.5) is 0 Å². The van der Waals surface area contributed by atoms with Gasteiger partial charge in [-0.25, -0.2) is 13.1 Å². The number of guanidine groups is 1. The maximum absolute atomic E-state index is 11.3. The Kier molecular flexibility index (Phi) is 5.83. The Hall–Kier alpha value is -0.860. The fourth-order valence-electron chi connectivity index (χ4n) is 2.76. The summed E-state index contributed by atoms with van der Waals surface area (Å²) < 4.78 is 31.0. The lowest BCUT2D eigenvalue weighted by Crippen LogP contribution is -2.47. The summed E-state index contributed by atoms with van der Waals surface area (Å²) in [6.07, 6.45) is 3.98. The van der Waals surface area contributed by atoms with Crippen molar-refractivity contribution in [1.29, 1.82) is 0 Å². The fraction of sp³-hybridized carbons (Fsp3) is 0.923. The molecule has 21 heavy (non-hydrogen) atoms. The van der Waals surface area contributed by atoms with E-state index in [-0.39, 0.29) is 11.9 Å². The molecule has 2 aliphatic rings. The van der Waals surface area contributed by atoms with Gasteiger partial charge in [-0.1, -0.05) is 0 Å². The van der Waals surface area contributed by atoms with E-state index in [1.807, 2.05) is 6.92 Å². The van der Waals surface area contributed by atoms with Crippen molar-refractivity contribution in [2.75, 3.05) is 25.4 Å². The van der Waals surface area contributed by atoms with Gasteiger partial charge in [-0.05, 0) is 33.1 Å². The number of fused-ring (bicyclic) bond motifs is 2. The van der Waals surface area contributed by atoms with Crippen LogP contribution in [0.2, 0.25) is 0 Å². The molecule has 3 unspecified atom stereocenters. The topological polar surface area (TPSA) is 91.8 Å². The summed E-state index contributed by atoms with van der Waals surface area (Å²) >= 11 is 0. The van der Waals surface area contributed by atoms with Crippen LogP contribution < -0.4 is 15.4 Å². The van der Waals surface area contributed by atoms with Gasteiger partial charge in [-0.3, -0.25) is 4.99 Å². The molecule has 0 saturated carbocycles. The van der Waals surface area contributed by atoms with E-state index >= 15 is 0 Å². The van der Waals surface area contributed by atoms with Crippen molar-refractivity contribution in [3.05, 3.63) is 0 Å². The van der Waals surface area contributed by atoms with Gasteiger partial charge >= 0.3 is 0 Å². The molecular formula is C13H26N4O3S. The highest BCUT2D eigenvalue weighted by Gasteiger charge is 2.41. The molecule has 122 valence electrons. The van der Waals surface area contributed by atoms with E-state index < -0.39 is 10.0 Å². The molecule has 0 aromatic rings. The Bertz CT molecular complexity index is 466. The number of aliphatic imine (C=N–C) groups is 1. The molecule has 3 atom stereocenters. The van der Waals surface area contributed by atoms with Crippen LogP contribution in [-0.2, 0) is 14.8 Å². The first-order valence-corrected chi connectivity index (χ1v) is 9.37. The molecule has 0 amide bonds. The van der Waals surface area contributed by atoms with E-state index in [0.717, 1.165) is 31.8 Å². The lowest BCUT2D eigenvalue weighted by molar-refractivity contribution is 0.0992. The van der Waals surface area contributed by atoms with Crippen molar-refractivity contribution in [2.24, 2.45) is 4.99 Å². The minimum atomic E-state index is -3.14. The summed E-state index contributed by atoms with van der Waals surface area (Å²) in [6.45, 7) is 5.13. The summed E-state index contributed by atoms with van der Waals surface area (Å²) in [6, 6.07) is 0.314. The van der Waals surface area contributed by atoms with Crippen LogP contribution in [-0.4, -0.2) is 58.0 Å². The zero-order valence-electron chi connectivity index (χ0n) is 12.8. The van der Waals surface area contributed by atoms with Crippen LogP contribution in [0.3, 0.4) is 0 Å². The minimum Gasteiger partial charge on any atom is -0.373 e. The zero-order valence-corrected chi connectivity index (χ0v) is 13.6. The number of nitrogens with one attached hydrogen (secondary N) is 3. The molecule has 0 aromatic heterocycles. The van der Waals surface area contributed by atoms with E-state index in [1.54, 1.807) is 6.92 Å². The predicted octanol–water partition coefficient (Wildman–Crippen LogP) is -0.199. The Morgan fingerprint density at radius 3 is 2.71 bits per heavy atom. The number of hydrogen-bond donors (Lipinski definition) is 3. The van der Waals surface area contributed by atoms with E-state index in [1.165, 1.54) is 0 Å². The van der Waals surface area contributed by atoms with Gasteiger partial charge in [0.1, 0.15) is 0 Å². The Morgan fingerprint density at radius 2 is 2.14 bits per heavy atom. The van der Waals surface area contributed by atoms with Gasteiger partial charge in [0, 0.05) is 13.1 Å². The van der Waals surface area contributed by atoms with E-state index in [2.05, 4.69) is 20.3 Å². The number of nitrogens with zero attached hydrogens (tertiary/aromatic N) is 1. The summed E-state index contributed by atoms with van der Waals surface area (Å²) in [4.78, 5) is 4.41. The molecule has 8 heteroatoms. The third-order valence-electron chi connectivity index (χ3n) is 3.86. The molecule has 2 rings (SSSR count). The summed E-state index contributed by atoms with van der Waals surface area (Å²) in [5.74, 6) is 0.826. The number of hydrogen-bond acceptors (Lipinski definition) is 4. The van der Waals surface area contributed by atoms with Crippen molar-refractivity contribution < 1.29 is 13.2 Å². The minimum absolute atomic E-state index is 0.0948. The predicted molar refractivity (Wildman–Crippen MR) is 82.9 cm³/mol. The van der Waals surface area contributed by atoms with Crippen molar-refractivity contribution >= 4 is 16.0 Å². The van der Waals surface area contributed by atoms with Gasteiger partial charge in [0.2, 0.25) is 10.0 Å². The molecule has 0 radical (unpaired) electrons. The second-order valence-electron chi connectivity index (χ2n) is 5.42. The Morgan fingerprint density at radius 1 is 1.33 bits per heavy atom. The second kappa shape index (κ2) is 7.42. The van der Waals surface area contributed by atoms with E-state index in [0.29, 0.717) is 25.2 Å². The van der Waals surface area contributed by atoms with E-state index in [4.69, 9.17) is 4.74 Å². The largest absolute Gasteiger partial charge is 0.373 e. The molecule has 2 aliphatic heterocycles. The van der Waals surface area contributed by atoms with Crippen molar-refractivity contribution in [3.8, 4) is 0 Å². The standard InChI is InChI=1S/C13H26N4O3S/c1-3-14-13(15-7-8-16-21(18,19)4-2)17-11-9-10-5-6-12(11)20-10/h10-12,16H,3-9H2,1-2H3,(H2,14,15,17). The van der Waals surface area contributed by atoms with E-state index in [9.17, 15) is 8.42 Å². The second-order valence-corrected chi connectivity index (χ2v) is 7.51. The normalized spacial score (nSPS) is 28.9. The first-order chi connectivity index (χ1) is 10.0. The molecule has 2 heterocycles. The molecule has 2 saturated heterocycles. The molecule has 0 spiro atoms. The SMILES string of the molecule is CCNC(=NCCNS(=O)(=O)CC)NC1CC2CCC1O2. The quantitative estimate of drug-likeness (QED) is 0.343. The summed E-state index contributed by atoms with van der Waals surface area (Å²) in [5, 5.41) is 6.58. The third kappa shape index (κ3) is 4.82. The van der Waals surface area contributed by atoms with Gasteiger partial charge in [0.15, 0.2) is 5.96 Å². The van der Waals surface area contributed by atoms with Crippen LogP contribution in [0.15, 0.2) is 4.99 Å². The summed E-state index contributed by atoms with van der Waals surface area (Å²) in [5.41, 5.74) is 0. The molecule has 3 N–H and O–H groups in total. The van der Waals surface area contributed by atoms with Gasteiger partial charge < -0.3 is 15.4 Å². The lowest BCUT2D eigenvalue weighted by Gasteiger charge is -2.22. The van der Waals surface area contributed by atoms with Crippen molar-refractivity contribution in [1.82, 2.24) is 15.4 Å². The Balaban J connectivity index is 1.79. The molecule has 7 nitrogen and oxygen atoms in total. The average molecular weight is 318 g/mol.